The van der Waals surface area contributed by atoms with Crippen molar-refractivity contribution in [1.82, 2.24) is 10.5 Å². The summed E-state index contributed by atoms with van der Waals surface area (Å²) >= 11 is 6.14. The summed E-state index contributed by atoms with van der Waals surface area (Å²) in [5.74, 6) is -0.389. The molecule has 0 unspecified atom stereocenters. The highest BCUT2D eigenvalue weighted by atomic mass is 35.5. The maximum absolute atomic E-state index is 12.2. The number of nitrogens with zero attached hydrogens (tertiary/aromatic N) is 1. The van der Waals surface area contributed by atoms with E-state index < -0.39 is 17.9 Å². The highest BCUT2D eigenvalue weighted by Crippen LogP contribution is 2.25. The maximum Gasteiger partial charge on any atom is 0.307 e. The van der Waals surface area contributed by atoms with Crippen molar-refractivity contribution in [3.8, 4) is 0 Å². The Morgan fingerprint density at radius 3 is 2.73 bits per heavy atom. The van der Waals surface area contributed by atoms with Crippen LogP contribution < -0.4 is 5.32 Å². The third-order valence-electron chi connectivity index (χ3n) is 3.05. The minimum absolute atomic E-state index is 0.0389. The third-order valence-corrected chi connectivity index (χ3v) is 3.39. The van der Waals surface area contributed by atoms with Gasteiger partial charge in [0.2, 0.25) is 0 Å². The Bertz CT molecular complexity index is 684. The van der Waals surface area contributed by atoms with Gasteiger partial charge in [-0.2, -0.15) is 0 Å². The summed E-state index contributed by atoms with van der Waals surface area (Å²) in [6, 6.07) is 7.86. The molecule has 116 valence electrons. The summed E-state index contributed by atoms with van der Waals surface area (Å²) in [4.78, 5) is 23.8. The molecule has 1 atom stereocenters. The smallest absolute Gasteiger partial charge is 0.307 e. The number of rotatable bonds is 5. The van der Waals surface area contributed by atoms with Crippen LogP contribution in [-0.4, -0.2) is 24.1 Å². The van der Waals surface area contributed by atoms with E-state index in [0.29, 0.717) is 16.3 Å². The average Bonchev–Trinajstić information content (AvgIpc) is 2.93. The summed E-state index contributed by atoms with van der Waals surface area (Å²) in [7, 11) is 1.29. The van der Waals surface area contributed by atoms with Crippen LogP contribution in [0.4, 0.5) is 0 Å². The number of aryl methyl sites for hydroxylation is 1. The van der Waals surface area contributed by atoms with Crippen molar-refractivity contribution in [2.75, 3.05) is 7.11 Å². The first kappa shape index (κ1) is 16.0. The van der Waals surface area contributed by atoms with Crippen molar-refractivity contribution in [2.45, 2.75) is 19.4 Å². The van der Waals surface area contributed by atoms with Gasteiger partial charge in [-0.15, -0.1) is 0 Å². The van der Waals surface area contributed by atoms with Crippen molar-refractivity contribution in [3.63, 3.8) is 0 Å². The van der Waals surface area contributed by atoms with Crippen molar-refractivity contribution in [3.05, 3.63) is 52.4 Å². The summed E-state index contributed by atoms with van der Waals surface area (Å²) in [6.45, 7) is 1.68. The Hall–Kier alpha value is -2.34. The molecular weight excluding hydrogens is 308 g/mol. The molecular formula is C15H15ClN2O4. The van der Waals surface area contributed by atoms with Gasteiger partial charge in [0.15, 0.2) is 5.69 Å². The molecule has 1 amide bonds. The zero-order chi connectivity index (χ0) is 16.1. The Balaban J connectivity index is 2.23. The molecule has 2 rings (SSSR count). The van der Waals surface area contributed by atoms with E-state index in [1.807, 2.05) is 0 Å². The highest BCUT2D eigenvalue weighted by Gasteiger charge is 2.23. The van der Waals surface area contributed by atoms with Gasteiger partial charge in [-0.25, -0.2) is 0 Å². The Labute approximate surface area is 132 Å². The predicted octanol–water partition coefficient (Wildman–Crippen LogP) is 2.67. The van der Waals surface area contributed by atoms with Crippen molar-refractivity contribution < 1.29 is 18.8 Å². The van der Waals surface area contributed by atoms with E-state index in [0.717, 1.165) is 0 Å². The second-order valence-electron chi connectivity index (χ2n) is 4.65. The molecule has 0 saturated heterocycles. The second kappa shape index (κ2) is 7.09. The minimum Gasteiger partial charge on any atom is -0.469 e. The summed E-state index contributed by atoms with van der Waals surface area (Å²) in [5, 5.41) is 6.82. The lowest BCUT2D eigenvalue weighted by atomic mass is 10.0. The molecule has 0 aliphatic heterocycles. The number of hydrogen-bond donors (Lipinski definition) is 1. The van der Waals surface area contributed by atoms with Crippen LogP contribution in [0, 0.1) is 6.92 Å². The van der Waals surface area contributed by atoms with Gasteiger partial charge in [0.1, 0.15) is 5.76 Å². The van der Waals surface area contributed by atoms with Crippen molar-refractivity contribution in [2.24, 2.45) is 0 Å². The number of amides is 1. The largest absolute Gasteiger partial charge is 0.469 e. The fraction of sp³-hybridized carbons (Fsp3) is 0.267. The van der Waals surface area contributed by atoms with Gasteiger partial charge in [0.25, 0.3) is 5.91 Å². The molecule has 1 N–H and O–H groups in total. The summed E-state index contributed by atoms with van der Waals surface area (Å²) in [5.41, 5.74) is 0.766. The standard InChI is InChI=1S/C15H15ClN2O4/c1-9-7-13(18-22-9)15(20)17-12(8-14(19)21-2)10-5-3-4-6-11(10)16/h3-7,12H,8H2,1-2H3,(H,17,20)/t12-/m0/s1. The van der Waals surface area contributed by atoms with Crippen LogP contribution in [0.3, 0.4) is 0 Å². The fourth-order valence-electron chi connectivity index (χ4n) is 1.95. The first-order valence-electron chi connectivity index (χ1n) is 6.56. The van der Waals surface area contributed by atoms with Gasteiger partial charge in [-0.05, 0) is 18.6 Å². The van der Waals surface area contributed by atoms with Crippen molar-refractivity contribution in [1.29, 1.82) is 0 Å². The van der Waals surface area contributed by atoms with Gasteiger partial charge in [-0.1, -0.05) is 35.0 Å². The lowest BCUT2D eigenvalue weighted by Gasteiger charge is -2.18. The molecule has 22 heavy (non-hydrogen) atoms. The molecule has 7 heteroatoms. The number of aromatic nitrogens is 1. The number of nitrogens with one attached hydrogen (secondary N) is 1. The first-order chi connectivity index (χ1) is 10.5. The van der Waals surface area contributed by atoms with Crippen LogP contribution in [0.25, 0.3) is 0 Å². The highest BCUT2D eigenvalue weighted by molar-refractivity contribution is 6.31. The van der Waals surface area contributed by atoms with Crippen LogP contribution in [0.1, 0.15) is 34.3 Å². The van der Waals surface area contributed by atoms with Crippen molar-refractivity contribution >= 4 is 23.5 Å². The number of benzene rings is 1. The van der Waals surface area contributed by atoms with Gasteiger partial charge in [0, 0.05) is 11.1 Å². The zero-order valence-electron chi connectivity index (χ0n) is 12.1. The van der Waals surface area contributed by atoms with E-state index in [1.165, 1.54) is 13.2 Å². The van der Waals surface area contributed by atoms with Crippen LogP contribution >= 0.6 is 11.6 Å². The van der Waals surface area contributed by atoms with E-state index in [2.05, 4.69) is 15.2 Å². The Morgan fingerprint density at radius 1 is 1.41 bits per heavy atom. The molecule has 0 saturated carbocycles. The van der Waals surface area contributed by atoms with E-state index in [9.17, 15) is 9.59 Å². The molecule has 6 nitrogen and oxygen atoms in total. The van der Waals surface area contributed by atoms with Crippen LogP contribution in [0.5, 0.6) is 0 Å². The molecule has 0 spiro atoms. The molecule has 0 aliphatic rings. The topological polar surface area (TPSA) is 81.4 Å². The minimum atomic E-state index is -0.620. The molecule has 0 radical (unpaired) electrons. The average molecular weight is 323 g/mol. The normalized spacial score (nSPS) is 11.8. The number of hydrogen-bond acceptors (Lipinski definition) is 5. The molecule has 0 bridgehead atoms. The van der Waals surface area contributed by atoms with E-state index in [1.54, 1.807) is 31.2 Å². The van der Waals surface area contributed by atoms with Crippen LogP contribution in [0.2, 0.25) is 5.02 Å². The van der Waals surface area contributed by atoms with E-state index in [4.69, 9.17) is 16.1 Å². The number of esters is 1. The number of halogens is 1. The molecule has 1 heterocycles. The molecule has 0 fully saturated rings. The molecule has 0 aliphatic carbocycles. The summed E-state index contributed by atoms with van der Waals surface area (Å²) in [6.07, 6.45) is -0.0389. The van der Waals surface area contributed by atoms with Gasteiger partial charge in [0.05, 0.1) is 19.6 Å². The van der Waals surface area contributed by atoms with E-state index in [-0.39, 0.29) is 12.1 Å². The number of methoxy groups -OCH3 is 1. The lowest BCUT2D eigenvalue weighted by Crippen LogP contribution is -2.30. The molecule has 2 aromatic rings. The number of ether oxygens (including phenoxy) is 1. The molecule has 1 aromatic heterocycles. The Kier molecular flexibility index (Phi) is 5.16. The SMILES string of the molecule is COC(=O)C[C@H](NC(=O)c1cc(C)on1)c1ccccc1Cl. The monoisotopic (exact) mass is 322 g/mol. The lowest BCUT2D eigenvalue weighted by molar-refractivity contribution is -0.141. The van der Waals surface area contributed by atoms with Crippen LogP contribution in [-0.2, 0) is 9.53 Å². The predicted molar refractivity (Wildman–Crippen MR) is 79.5 cm³/mol. The first-order valence-corrected chi connectivity index (χ1v) is 6.94. The van der Waals surface area contributed by atoms with Gasteiger partial charge >= 0.3 is 5.97 Å². The number of carbonyl (C=O) groups is 2. The number of carbonyl (C=O) groups excluding carboxylic acids is 2. The quantitative estimate of drug-likeness (QED) is 0.856. The van der Waals surface area contributed by atoms with Gasteiger partial charge in [-0.3, -0.25) is 9.59 Å². The van der Waals surface area contributed by atoms with Crippen LogP contribution in [0.15, 0.2) is 34.9 Å². The fourth-order valence-corrected chi connectivity index (χ4v) is 2.22. The van der Waals surface area contributed by atoms with Gasteiger partial charge < -0.3 is 14.6 Å². The second-order valence-corrected chi connectivity index (χ2v) is 5.06. The zero-order valence-corrected chi connectivity index (χ0v) is 12.9. The Morgan fingerprint density at radius 2 is 2.14 bits per heavy atom. The maximum atomic E-state index is 12.2. The summed E-state index contributed by atoms with van der Waals surface area (Å²) < 4.78 is 9.54. The molecule has 1 aromatic carbocycles. The third kappa shape index (κ3) is 3.85. The van der Waals surface area contributed by atoms with E-state index >= 15 is 0 Å².